The van der Waals surface area contributed by atoms with Crippen molar-refractivity contribution in [3.8, 4) is 32.3 Å². The molecule has 4 rings (SSSR count). The van der Waals surface area contributed by atoms with Crippen LogP contribution >= 0.6 is 11.3 Å². The lowest BCUT2D eigenvalue weighted by Crippen LogP contribution is -2.22. The van der Waals surface area contributed by atoms with Crippen LogP contribution in [0.1, 0.15) is 0 Å². The second-order valence-electron chi connectivity index (χ2n) is 6.73. The van der Waals surface area contributed by atoms with E-state index >= 15 is 0 Å². The van der Waals surface area contributed by atoms with Crippen LogP contribution in [0.15, 0.2) is 84.9 Å². The molecule has 1 aromatic heterocycles. The first-order chi connectivity index (χ1) is 14.2. The highest BCUT2D eigenvalue weighted by Gasteiger charge is 2.16. The zero-order valence-corrected chi connectivity index (χ0v) is 16.6. The molecule has 3 aromatic carbocycles. The molecule has 1 heterocycles. The van der Waals surface area contributed by atoms with Crippen molar-refractivity contribution in [2.24, 2.45) is 0 Å². The van der Waals surface area contributed by atoms with Crippen molar-refractivity contribution >= 4 is 17.0 Å². The highest BCUT2D eigenvalue weighted by atomic mass is 32.1. The summed E-state index contributed by atoms with van der Waals surface area (Å²) in [6, 6.07) is 28.5. The van der Waals surface area contributed by atoms with Gasteiger partial charge in [0.05, 0.1) is 23.3 Å². The molecule has 5 heteroatoms. The number of nitrogens with one attached hydrogen (secondary N) is 1. The van der Waals surface area contributed by atoms with Gasteiger partial charge in [-0.3, -0.25) is 0 Å². The second-order valence-corrected chi connectivity index (χ2v) is 7.73. The van der Waals surface area contributed by atoms with Gasteiger partial charge in [0.15, 0.2) is 0 Å². The number of thiazole rings is 1. The number of anilines is 1. The quantitative estimate of drug-likeness (QED) is 0.411. The van der Waals surface area contributed by atoms with Crippen LogP contribution in [0.4, 0.5) is 5.69 Å². The van der Waals surface area contributed by atoms with Gasteiger partial charge in [0.1, 0.15) is 5.01 Å². The highest BCUT2D eigenvalue weighted by molar-refractivity contribution is 7.19. The van der Waals surface area contributed by atoms with E-state index in [1.165, 1.54) is 0 Å². The van der Waals surface area contributed by atoms with Crippen LogP contribution in [0.25, 0.3) is 32.3 Å². The van der Waals surface area contributed by atoms with Crippen LogP contribution in [0.3, 0.4) is 0 Å². The van der Waals surface area contributed by atoms with Crippen molar-refractivity contribution in [3.63, 3.8) is 0 Å². The van der Waals surface area contributed by atoms with E-state index in [1.807, 2.05) is 60.7 Å². The largest absolute Gasteiger partial charge is 0.394 e. The molecule has 146 valence electrons. The molecule has 0 spiro atoms. The zero-order chi connectivity index (χ0) is 20.1. The average Bonchev–Trinajstić information content (AvgIpc) is 3.24. The van der Waals surface area contributed by atoms with Crippen LogP contribution < -0.4 is 5.32 Å². The minimum absolute atomic E-state index is 0.264. The molecule has 1 unspecified atom stereocenters. The van der Waals surface area contributed by atoms with Gasteiger partial charge in [-0.15, -0.1) is 11.3 Å². The maximum atomic E-state index is 9.57. The Labute approximate surface area is 174 Å². The SMILES string of the molecule is OCC(O)CNc1cccc(-c2nc(-c3ccccc3)c(-c3ccccc3)s2)c1. The number of aliphatic hydroxyl groups is 2. The fraction of sp³-hybridized carbons (Fsp3) is 0.125. The number of benzene rings is 3. The molecule has 3 N–H and O–H groups in total. The third-order valence-electron chi connectivity index (χ3n) is 4.57. The highest BCUT2D eigenvalue weighted by Crippen LogP contribution is 2.40. The van der Waals surface area contributed by atoms with Gasteiger partial charge >= 0.3 is 0 Å². The third kappa shape index (κ3) is 4.54. The second kappa shape index (κ2) is 9.01. The lowest BCUT2D eigenvalue weighted by atomic mass is 10.1. The molecule has 4 nitrogen and oxygen atoms in total. The summed E-state index contributed by atoms with van der Waals surface area (Å²) in [5.41, 5.74) is 5.11. The van der Waals surface area contributed by atoms with Gasteiger partial charge in [0.25, 0.3) is 0 Å². The van der Waals surface area contributed by atoms with E-state index in [1.54, 1.807) is 11.3 Å². The van der Waals surface area contributed by atoms with Crippen molar-refractivity contribution in [1.29, 1.82) is 0 Å². The molecule has 0 bridgehead atoms. The van der Waals surface area contributed by atoms with Gasteiger partial charge in [-0.1, -0.05) is 72.8 Å². The number of hydrogen-bond acceptors (Lipinski definition) is 5. The van der Waals surface area contributed by atoms with E-state index in [0.717, 1.165) is 38.0 Å². The predicted molar refractivity (Wildman–Crippen MR) is 120 cm³/mol. The molecule has 0 fully saturated rings. The molecular weight excluding hydrogens is 380 g/mol. The number of nitrogens with zero attached hydrogens (tertiary/aromatic N) is 1. The number of hydrogen-bond donors (Lipinski definition) is 3. The monoisotopic (exact) mass is 402 g/mol. The molecule has 0 radical (unpaired) electrons. The van der Waals surface area contributed by atoms with Crippen molar-refractivity contribution < 1.29 is 10.2 Å². The smallest absolute Gasteiger partial charge is 0.124 e. The Morgan fingerprint density at radius 2 is 1.48 bits per heavy atom. The van der Waals surface area contributed by atoms with Crippen molar-refractivity contribution in [3.05, 3.63) is 84.9 Å². The summed E-state index contributed by atoms with van der Waals surface area (Å²) in [6.45, 7) is 0.0302. The molecule has 0 aliphatic heterocycles. The topological polar surface area (TPSA) is 65.4 Å². The molecular formula is C24H22N2O2S. The number of aliphatic hydroxyl groups excluding tert-OH is 2. The van der Waals surface area contributed by atoms with E-state index in [-0.39, 0.29) is 6.61 Å². The fourth-order valence-corrected chi connectivity index (χ4v) is 4.17. The van der Waals surface area contributed by atoms with Crippen LogP contribution in [-0.4, -0.2) is 34.5 Å². The van der Waals surface area contributed by atoms with Gasteiger partial charge in [-0.25, -0.2) is 4.98 Å². The molecule has 0 aliphatic carbocycles. The van der Waals surface area contributed by atoms with Crippen LogP contribution in [0.2, 0.25) is 0 Å². The normalized spacial score (nSPS) is 11.9. The Bertz CT molecular complexity index is 1010. The van der Waals surface area contributed by atoms with E-state index in [2.05, 4.69) is 29.6 Å². The first-order valence-corrected chi connectivity index (χ1v) is 10.3. The van der Waals surface area contributed by atoms with Crippen molar-refractivity contribution in [2.75, 3.05) is 18.5 Å². The van der Waals surface area contributed by atoms with Crippen molar-refractivity contribution in [1.82, 2.24) is 4.98 Å². The van der Waals surface area contributed by atoms with Crippen LogP contribution in [0.5, 0.6) is 0 Å². The van der Waals surface area contributed by atoms with Gasteiger partial charge in [-0.05, 0) is 17.7 Å². The van der Waals surface area contributed by atoms with Gasteiger partial charge in [-0.2, -0.15) is 0 Å². The number of rotatable bonds is 7. The summed E-state index contributed by atoms with van der Waals surface area (Å²) in [7, 11) is 0. The Balaban J connectivity index is 1.73. The summed E-state index contributed by atoms with van der Waals surface area (Å²) in [6.07, 6.45) is -0.784. The van der Waals surface area contributed by atoms with Gasteiger partial charge in [0.2, 0.25) is 0 Å². The first-order valence-electron chi connectivity index (χ1n) is 9.49. The van der Waals surface area contributed by atoms with Gasteiger partial charge < -0.3 is 15.5 Å². The molecule has 1 atom stereocenters. The predicted octanol–water partition coefficient (Wildman–Crippen LogP) is 4.91. The maximum Gasteiger partial charge on any atom is 0.124 e. The molecule has 4 aromatic rings. The molecule has 0 amide bonds. The van der Waals surface area contributed by atoms with Gasteiger partial charge in [0, 0.05) is 23.4 Å². The molecule has 0 saturated carbocycles. The van der Waals surface area contributed by atoms with E-state index in [0.29, 0.717) is 6.54 Å². The average molecular weight is 403 g/mol. The zero-order valence-electron chi connectivity index (χ0n) is 15.8. The van der Waals surface area contributed by atoms with E-state index in [4.69, 9.17) is 10.1 Å². The van der Waals surface area contributed by atoms with Crippen molar-refractivity contribution in [2.45, 2.75) is 6.10 Å². The Morgan fingerprint density at radius 3 is 2.17 bits per heavy atom. The third-order valence-corrected chi connectivity index (χ3v) is 5.73. The molecule has 0 saturated heterocycles. The van der Waals surface area contributed by atoms with E-state index in [9.17, 15) is 5.11 Å². The first kappa shape index (κ1) is 19.3. The standard InChI is InChI=1S/C24H22N2O2S/c27-16-21(28)15-25-20-13-7-12-19(14-20)24-26-22(17-8-3-1-4-9-17)23(29-24)18-10-5-2-6-11-18/h1-14,21,25,27-28H,15-16H2. The fourth-order valence-electron chi connectivity index (χ4n) is 3.08. The lowest BCUT2D eigenvalue weighted by Gasteiger charge is -2.10. The Morgan fingerprint density at radius 1 is 0.828 bits per heavy atom. The Hall–Kier alpha value is -2.99. The molecule has 29 heavy (non-hydrogen) atoms. The summed E-state index contributed by atoms with van der Waals surface area (Å²) in [5, 5.41) is 22.7. The van der Waals surface area contributed by atoms with Crippen LogP contribution in [0, 0.1) is 0 Å². The lowest BCUT2D eigenvalue weighted by molar-refractivity contribution is 0.105. The van der Waals surface area contributed by atoms with Crippen LogP contribution in [-0.2, 0) is 0 Å². The maximum absolute atomic E-state index is 9.57. The van der Waals surface area contributed by atoms with E-state index < -0.39 is 6.10 Å². The summed E-state index contributed by atoms with van der Waals surface area (Å²) >= 11 is 1.67. The summed E-state index contributed by atoms with van der Waals surface area (Å²) in [4.78, 5) is 6.12. The minimum Gasteiger partial charge on any atom is -0.394 e. The molecule has 0 aliphatic rings. The number of aromatic nitrogens is 1. The minimum atomic E-state index is -0.784. The summed E-state index contributed by atoms with van der Waals surface area (Å²) < 4.78 is 0. The Kier molecular flexibility index (Phi) is 6.00. The summed E-state index contributed by atoms with van der Waals surface area (Å²) in [5.74, 6) is 0.